The second-order valence-electron chi connectivity index (χ2n) is 6.41. The predicted octanol–water partition coefficient (Wildman–Crippen LogP) is 3.66. The van der Waals surface area contributed by atoms with E-state index in [-0.39, 0.29) is 6.61 Å². The summed E-state index contributed by atoms with van der Waals surface area (Å²) in [6.07, 6.45) is -0.647. The van der Waals surface area contributed by atoms with Gasteiger partial charge in [-0.1, -0.05) is 66.4 Å². The van der Waals surface area contributed by atoms with Gasteiger partial charge in [-0.15, -0.1) is 5.10 Å². The number of benzene rings is 3. The van der Waals surface area contributed by atoms with Crippen molar-refractivity contribution in [2.75, 3.05) is 12.4 Å². The van der Waals surface area contributed by atoms with Gasteiger partial charge < -0.3 is 9.84 Å². The number of para-hydroxylation sites is 1. The zero-order valence-electron chi connectivity index (χ0n) is 15.4. The first kappa shape index (κ1) is 18.5. The summed E-state index contributed by atoms with van der Waals surface area (Å²) in [6, 6.07) is 21.9. The average Bonchev–Trinajstić information content (AvgIpc) is 3.19. The van der Waals surface area contributed by atoms with Crippen molar-refractivity contribution in [1.82, 2.24) is 20.2 Å². The van der Waals surface area contributed by atoms with Crippen LogP contribution in [0.5, 0.6) is 5.75 Å². The van der Waals surface area contributed by atoms with E-state index >= 15 is 0 Å². The van der Waals surface area contributed by atoms with E-state index in [1.807, 2.05) is 73.7 Å². The lowest BCUT2D eigenvalue weighted by Crippen LogP contribution is -2.20. The summed E-state index contributed by atoms with van der Waals surface area (Å²) in [7, 11) is 0. The van der Waals surface area contributed by atoms with Crippen molar-refractivity contribution >= 4 is 22.5 Å². The average molecular weight is 392 g/mol. The fraction of sp³-hybridized carbons (Fsp3) is 0.190. The van der Waals surface area contributed by atoms with E-state index in [1.165, 1.54) is 11.8 Å². The van der Waals surface area contributed by atoms with Crippen molar-refractivity contribution in [3.8, 4) is 11.4 Å². The van der Waals surface area contributed by atoms with E-state index in [4.69, 9.17) is 4.74 Å². The topological polar surface area (TPSA) is 73.1 Å². The van der Waals surface area contributed by atoms with Crippen LogP contribution in [0.2, 0.25) is 0 Å². The molecule has 0 radical (unpaired) electrons. The van der Waals surface area contributed by atoms with Crippen LogP contribution in [0, 0.1) is 6.92 Å². The van der Waals surface area contributed by atoms with Crippen LogP contribution in [-0.2, 0) is 0 Å². The minimum atomic E-state index is -0.647. The van der Waals surface area contributed by atoms with Gasteiger partial charge >= 0.3 is 0 Å². The van der Waals surface area contributed by atoms with Crippen LogP contribution in [0.25, 0.3) is 16.5 Å². The number of aliphatic hydroxyl groups is 1. The molecule has 28 heavy (non-hydrogen) atoms. The van der Waals surface area contributed by atoms with Gasteiger partial charge in [0.05, 0.1) is 11.8 Å². The molecule has 0 saturated carbocycles. The lowest BCUT2D eigenvalue weighted by atomic mass is 10.1. The number of aromatic nitrogens is 4. The molecule has 1 aromatic heterocycles. The summed E-state index contributed by atoms with van der Waals surface area (Å²) >= 11 is 1.40. The maximum absolute atomic E-state index is 10.4. The molecule has 4 aromatic rings. The number of fused-ring (bicyclic) bond motifs is 1. The molecule has 0 amide bonds. The molecule has 1 heterocycles. The smallest absolute Gasteiger partial charge is 0.214 e. The highest BCUT2D eigenvalue weighted by atomic mass is 32.2. The second-order valence-corrected chi connectivity index (χ2v) is 7.40. The molecule has 142 valence electrons. The van der Waals surface area contributed by atoms with E-state index in [1.54, 1.807) is 4.68 Å². The lowest BCUT2D eigenvalue weighted by Gasteiger charge is -2.13. The highest BCUT2D eigenvalue weighted by molar-refractivity contribution is 7.99. The van der Waals surface area contributed by atoms with Crippen LogP contribution in [0.4, 0.5) is 0 Å². The van der Waals surface area contributed by atoms with Gasteiger partial charge in [0.1, 0.15) is 12.4 Å². The zero-order valence-corrected chi connectivity index (χ0v) is 16.2. The summed E-state index contributed by atoms with van der Waals surface area (Å²) in [5.74, 6) is 1.20. The molecule has 1 N–H and O–H groups in total. The molecular weight excluding hydrogens is 372 g/mol. The van der Waals surface area contributed by atoms with Gasteiger partial charge in [-0.3, -0.25) is 0 Å². The zero-order chi connectivity index (χ0) is 19.3. The van der Waals surface area contributed by atoms with E-state index in [2.05, 4.69) is 15.5 Å². The van der Waals surface area contributed by atoms with Gasteiger partial charge in [0, 0.05) is 11.1 Å². The molecule has 0 unspecified atom stereocenters. The molecule has 4 rings (SSSR count). The van der Waals surface area contributed by atoms with Crippen LogP contribution in [-0.4, -0.2) is 43.8 Å². The van der Waals surface area contributed by atoms with Crippen molar-refractivity contribution in [2.45, 2.75) is 18.2 Å². The van der Waals surface area contributed by atoms with E-state index in [0.717, 1.165) is 27.8 Å². The van der Waals surface area contributed by atoms with Crippen LogP contribution in [0.3, 0.4) is 0 Å². The Kier molecular flexibility index (Phi) is 5.55. The predicted molar refractivity (Wildman–Crippen MR) is 110 cm³/mol. The van der Waals surface area contributed by atoms with Crippen LogP contribution in [0.15, 0.2) is 71.9 Å². The first-order valence-corrected chi connectivity index (χ1v) is 9.97. The Hall–Kier alpha value is -2.90. The Morgan fingerprint density at radius 2 is 1.82 bits per heavy atom. The number of aliphatic hydroxyl groups excluding tert-OH is 1. The molecule has 1 atom stereocenters. The molecule has 0 saturated heterocycles. The molecule has 3 aromatic carbocycles. The molecule has 0 aliphatic carbocycles. The fourth-order valence-electron chi connectivity index (χ4n) is 2.95. The largest absolute Gasteiger partial charge is 0.490 e. The number of thioether (sulfide) groups is 1. The second kappa shape index (κ2) is 8.41. The third kappa shape index (κ3) is 4.00. The molecule has 7 heteroatoms. The maximum Gasteiger partial charge on any atom is 0.214 e. The number of aryl methyl sites for hydroxylation is 1. The minimum Gasteiger partial charge on any atom is -0.490 e. The molecular formula is C21H20N4O2S. The monoisotopic (exact) mass is 392 g/mol. The highest BCUT2D eigenvalue weighted by Crippen LogP contribution is 2.26. The van der Waals surface area contributed by atoms with Gasteiger partial charge in [-0.25, -0.2) is 0 Å². The summed E-state index contributed by atoms with van der Waals surface area (Å²) < 4.78 is 7.56. The summed E-state index contributed by atoms with van der Waals surface area (Å²) in [4.78, 5) is 0. The third-order valence-corrected chi connectivity index (χ3v) is 5.43. The Morgan fingerprint density at radius 1 is 1.04 bits per heavy atom. The van der Waals surface area contributed by atoms with Crippen molar-refractivity contribution < 1.29 is 9.84 Å². The molecule has 6 nitrogen and oxygen atoms in total. The van der Waals surface area contributed by atoms with E-state index in [9.17, 15) is 5.11 Å². The van der Waals surface area contributed by atoms with Crippen molar-refractivity contribution in [1.29, 1.82) is 0 Å². The first-order chi connectivity index (χ1) is 13.7. The summed E-state index contributed by atoms with van der Waals surface area (Å²) in [5.41, 5.74) is 2.01. The van der Waals surface area contributed by atoms with Gasteiger partial charge in [0.25, 0.3) is 0 Å². The molecule has 0 aliphatic rings. The molecule has 0 aliphatic heterocycles. The first-order valence-electron chi connectivity index (χ1n) is 8.98. The molecule has 0 fully saturated rings. The van der Waals surface area contributed by atoms with Crippen LogP contribution in [0.1, 0.15) is 5.56 Å². The standard InChI is InChI=1S/C21H20N4O2S/c1-15-7-2-5-11-19(15)25-21(22-23-24-25)28-14-17(26)13-27-20-12-6-9-16-8-3-4-10-18(16)20/h2-12,17,26H,13-14H2,1H3/t17-/m0/s1. The number of nitrogens with zero attached hydrogens (tertiary/aromatic N) is 4. The van der Waals surface area contributed by atoms with Gasteiger partial charge in [-0.2, -0.15) is 4.68 Å². The number of tetrazole rings is 1. The van der Waals surface area contributed by atoms with Crippen LogP contribution < -0.4 is 4.74 Å². The van der Waals surface area contributed by atoms with Crippen LogP contribution >= 0.6 is 11.8 Å². The Balaban J connectivity index is 1.39. The van der Waals surface area contributed by atoms with Crippen molar-refractivity contribution in [3.05, 3.63) is 72.3 Å². The summed E-state index contributed by atoms with van der Waals surface area (Å²) in [5, 5.41) is 25.1. The Bertz CT molecular complexity index is 1080. The van der Waals surface area contributed by atoms with Crippen molar-refractivity contribution in [3.63, 3.8) is 0 Å². The summed E-state index contributed by atoms with van der Waals surface area (Å²) in [6.45, 7) is 2.21. The fourth-order valence-corrected chi connectivity index (χ4v) is 3.74. The normalized spacial score (nSPS) is 12.2. The lowest BCUT2D eigenvalue weighted by molar-refractivity contribution is 0.127. The molecule has 0 spiro atoms. The number of hydrogen-bond donors (Lipinski definition) is 1. The van der Waals surface area contributed by atoms with E-state index in [0.29, 0.717) is 10.9 Å². The quantitative estimate of drug-likeness (QED) is 0.484. The van der Waals surface area contributed by atoms with E-state index < -0.39 is 6.10 Å². The SMILES string of the molecule is Cc1ccccc1-n1nnnc1SC[C@@H](O)COc1cccc2ccccc12. The highest BCUT2D eigenvalue weighted by Gasteiger charge is 2.14. The molecule has 0 bridgehead atoms. The Labute approximate surface area is 167 Å². The van der Waals surface area contributed by atoms with Crippen molar-refractivity contribution in [2.24, 2.45) is 0 Å². The number of rotatable bonds is 7. The third-order valence-electron chi connectivity index (χ3n) is 4.37. The number of ether oxygens (including phenoxy) is 1. The minimum absolute atomic E-state index is 0.201. The Morgan fingerprint density at radius 3 is 2.71 bits per heavy atom. The number of hydrogen-bond acceptors (Lipinski definition) is 6. The maximum atomic E-state index is 10.4. The van der Waals surface area contributed by atoms with Gasteiger partial charge in [0.15, 0.2) is 0 Å². The van der Waals surface area contributed by atoms with Gasteiger partial charge in [0.2, 0.25) is 5.16 Å². The van der Waals surface area contributed by atoms with Gasteiger partial charge in [-0.05, 0) is 40.4 Å².